The van der Waals surface area contributed by atoms with E-state index in [4.69, 9.17) is 0 Å². The molecule has 22 heavy (non-hydrogen) atoms. The summed E-state index contributed by atoms with van der Waals surface area (Å²) in [6, 6.07) is 5.92. The average Bonchev–Trinajstić information content (AvgIpc) is 2.78. The second-order valence-corrected chi connectivity index (χ2v) is 6.63. The smallest absolute Gasteiger partial charge is 0.224 e. The zero-order valence-corrected chi connectivity index (χ0v) is 13.5. The number of nitrogens with one attached hydrogen (secondary N) is 2. The second kappa shape index (κ2) is 6.51. The van der Waals surface area contributed by atoms with E-state index in [9.17, 15) is 4.79 Å². The number of benzene rings is 1. The summed E-state index contributed by atoms with van der Waals surface area (Å²) in [7, 11) is 0. The van der Waals surface area contributed by atoms with Crippen molar-refractivity contribution < 1.29 is 4.79 Å². The Morgan fingerprint density at radius 1 is 1.45 bits per heavy atom. The van der Waals surface area contributed by atoms with Gasteiger partial charge in [-0.15, -0.1) is 0 Å². The van der Waals surface area contributed by atoms with E-state index in [1.165, 1.54) is 19.3 Å². The number of carbonyl (C=O) groups is 1. The van der Waals surface area contributed by atoms with Gasteiger partial charge < -0.3 is 10.3 Å². The maximum atomic E-state index is 12.1. The van der Waals surface area contributed by atoms with Gasteiger partial charge in [0.15, 0.2) is 0 Å². The molecule has 1 fully saturated rings. The molecule has 1 unspecified atom stereocenters. The summed E-state index contributed by atoms with van der Waals surface area (Å²) < 4.78 is 0. The average molecular weight is 299 g/mol. The third-order valence-corrected chi connectivity index (χ3v) is 4.59. The molecule has 2 N–H and O–H groups in total. The van der Waals surface area contributed by atoms with Gasteiger partial charge in [-0.2, -0.15) is 0 Å². The molecule has 1 aliphatic carbocycles. The Hall–Kier alpha value is -1.84. The molecule has 3 rings (SSSR count). The molecule has 0 spiro atoms. The molecule has 1 atom stereocenters. The molecule has 4 nitrogen and oxygen atoms in total. The number of H-pyrrole nitrogens is 1. The van der Waals surface area contributed by atoms with Gasteiger partial charge in [-0.1, -0.05) is 33.1 Å². The van der Waals surface area contributed by atoms with Gasteiger partial charge in [0.1, 0.15) is 5.82 Å². The maximum absolute atomic E-state index is 12.1. The summed E-state index contributed by atoms with van der Waals surface area (Å²) in [5.74, 6) is 2.23. The van der Waals surface area contributed by atoms with Crippen molar-refractivity contribution >= 4 is 22.6 Å². The number of hydrogen-bond donors (Lipinski definition) is 2. The minimum Gasteiger partial charge on any atom is -0.342 e. The van der Waals surface area contributed by atoms with Gasteiger partial charge in [-0.25, -0.2) is 4.98 Å². The number of imidazole rings is 1. The van der Waals surface area contributed by atoms with E-state index in [0.717, 1.165) is 35.4 Å². The zero-order valence-electron chi connectivity index (χ0n) is 13.5. The summed E-state index contributed by atoms with van der Waals surface area (Å²) in [5.41, 5.74) is 2.85. The fourth-order valence-electron chi connectivity index (χ4n) is 3.11. The summed E-state index contributed by atoms with van der Waals surface area (Å²) in [4.78, 5) is 20.1. The highest BCUT2D eigenvalue weighted by molar-refractivity contribution is 5.93. The molecule has 4 heteroatoms. The van der Waals surface area contributed by atoms with Crippen LogP contribution in [0.4, 0.5) is 5.69 Å². The molecule has 1 saturated carbocycles. The standard InChI is InChI=1S/C18H25N3O/c1-3-5-12(2)10-17(22)19-14-8-9-15-16(11-14)21-18(20-15)13-6-4-7-13/h8-9,11-13H,3-7,10H2,1-2H3,(H,19,22)(H,20,21). The minimum absolute atomic E-state index is 0.0963. The van der Waals surface area contributed by atoms with Crippen molar-refractivity contribution in [3.63, 3.8) is 0 Å². The summed E-state index contributed by atoms with van der Waals surface area (Å²) in [6.45, 7) is 4.28. The van der Waals surface area contributed by atoms with Gasteiger partial charge in [-0.05, 0) is 37.0 Å². The van der Waals surface area contributed by atoms with Crippen molar-refractivity contribution in [2.24, 2.45) is 5.92 Å². The number of rotatable bonds is 6. The minimum atomic E-state index is 0.0963. The number of anilines is 1. The highest BCUT2D eigenvalue weighted by atomic mass is 16.1. The number of amides is 1. The Labute approximate surface area is 131 Å². The first-order valence-corrected chi connectivity index (χ1v) is 8.45. The molecule has 118 valence electrons. The lowest BCUT2D eigenvalue weighted by molar-refractivity contribution is -0.117. The molecule has 2 aromatic rings. The summed E-state index contributed by atoms with van der Waals surface area (Å²) >= 11 is 0. The number of nitrogens with zero attached hydrogens (tertiary/aromatic N) is 1. The number of fused-ring (bicyclic) bond motifs is 1. The van der Waals surface area contributed by atoms with Crippen molar-refractivity contribution in [2.45, 2.75) is 58.3 Å². The monoisotopic (exact) mass is 299 g/mol. The van der Waals surface area contributed by atoms with Crippen molar-refractivity contribution in [1.82, 2.24) is 9.97 Å². The topological polar surface area (TPSA) is 57.8 Å². The van der Waals surface area contributed by atoms with Crippen LogP contribution in [0.25, 0.3) is 11.0 Å². The van der Waals surface area contributed by atoms with E-state index in [1.54, 1.807) is 0 Å². The van der Waals surface area contributed by atoms with E-state index in [2.05, 4.69) is 29.1 Å². The van der Waals surface area contributed by atoms with Gasteiger partial charge in [0.2, 0.25) is 5.91 Å². The van der Waals surface area contributed by atoms with Crippen LogP contribution in [0.5, 0.6) is 0 Å². The number of aromatic nitrogens is 2. The predicted octanol–water partition coefficient (Wildman–Crippen LogP) is 4.60. The van der Waals surface area contributed by atoms with Crippen LogP contribution in [0, 0.1) is 5.92 Å². The van der Waals surface area contributed by atoms with Crippen molar-refractivity contribution in [2.75, 3.05) is 5.32 Å². The molecular weight excluding hydrogens is 274 g/mol. The van der Waals surface area contributed by atoms with Crippen LogP contribution in [-0.2, 0) is 4.79 Å². The van der Waals surface area contributed by atoms with Gasteiger partial charge in [0.25, 0.3) is 0 Å². The zero-order chi connectivity index (χ0) is 15.5. The van der Waals surface area contributed by atoms with Crippen LogP contribution in [-0.4, -0.2) is 15.9 Å². The van der Waals surface area contributed by atoms with Gasteiger partial charge >= 0.3 is 0 Å². The van der Waals surface area contributed by atoms with Crippen molar-refractivity contribution in [1.29, 1.82) is 0 Å². The largest absolute Gasteiger partial charge is 0.342 e. The first kappa shape index (κ1) is 15.1. The van der Waals surface area contributed by atoms with Crippen LogP contribution < -0.4 is 5.32 Å². The Morgan fingerprint density at radius 2 is 2.27 bits per heavy atom. The Bertz CT molecular complexity index is 657. The van der Waals surface area contributed by atoms with Gasteiger partial charge in [-0.3, -0.25) is 4.79 Å². The third kappa shape index (κ3) is 3.32. The van der Waals surface area contributed by atoms with Crippen molar-refractivity contribution in [3.8, 4) is 0 Å². The highest BCUT2D eigenvalue weighted by Crippen LogP contribution is 2.35. The first-order chi connectivity index (χ1) is 10.7. The molecule has 1 aliphatic rings. The lowest BCUT2D eigenvalue weighted by atomic mass is 9.85. The molecule has 0 radical (unpaired) electrons. The molecule has 0 saturated heterocycles. The van der Waals surface area contributed by atoms with Crippen LogP contribution >= 0.6 is 0 Å². The molecule has 1 amide bonds. The van der Waals surface area contributed by atoms with E-state index < -0.39 is 0 Å². The lowest BCUT2D eigenvalue weighted by Crippen LogP contribution is -2.15. The molecule has 0 bridgehead atoms. The summed E-state index contributed by atoms with van der Waals surface area (Å²) in [5, 5.41) is 3.00. The van der Waals surface area contributed by atoms with Crippen LogP contribution in [0.3, 0.4) is 0 Å². The molecule has 0 aliphatic heterocycles. The lowest BCUT2D eigenvalue weighted by Gasteiger charge is -2.22. The van der Waals surface area contributed by atoms with E-state index >= 15 is 0 Å². The SMILES string of the molecule is CCCC(C)CC(=O)Nc1ccc2nc(C3CCC3)[nH]c2c1. The van der Waals surface area contributed by atoms with E-state index in [1.807, 2.05) is 18.2 Å². The van der Waals surface area contributed by atoms with Crippen molar-refractivity contribution in [3.05, 3.63) is 24.0 Å². The maximum Gasteiger partial charge on any atom is 0.224 e. The Kier molecular flexibility index (Phi) is 4.46. The van der Waals surface area contributed by atoms with Crippen LogP contribution in [0.15, 0.2) is 18.2 Å². The highest BCUT2D eigenvalue weighted by Gasteiger charge is 2.22. The number of carbonyl (C=O) groups excluding carboxylic acids is 1. The van der Waals surface area contributed by atoms with Gasteiger partial charge in [0, 0.05) is 18.0 Å². The summed E-state index contributed by atoms with van der Waals surface area (Å²) in [6.07, 6.45) is 6.58. The quantitative estimate of drug-likeness (QED) is 0.819. The molecule has 1 aromatic heterocycles. The predicted molar refractivity (Wildman–Crippen MR) is 90.0 cm³/mol. The molecule has 1 heterocycles. The van der Waals surface area contributed by atoms with Crippen LogP contribution in [0.1, 0.15) is 64.1 Å². The first-order valence-electron chi connectivity index (χ1n) is 8.45. The van der Waals surface area contributed by atoms with Gasteiger partial charge in [0.05, 0.1) is 11.0 Å². The Morgan fingerprint density at radius 3 is 2.95 bits per heavy atom. The fraction of sp³-hybridized carbons (Fsp3) is 0.556. The molecule has 1 aromatic carbocycles. The van der Waals surface area contributed by atoms with Crippen LogP contribution in [0.2, 0.25) is 0 Å². The fourth-order valence-corrected chi connectivity index (χ4v) is 3.11. The second-order valence-electron chi connectivity index (χ2n) is 6.63. The number of aromatic amines is 1. The number of hydrogen-bond acceptors (Lipinski definition) is 2. The molecular formula is C18H25N3O. The normalized spacial score (nSPS) is 16.5. The van der Waals surface area contributed by atoms with E-state index in [-0.39, 0.29) is 5.91 Å². The van der Waals surface area contributed by atoms with E-state index in [0.29, 0.717) is 18.3 Å². The third-order valence-electron chi connectivity index (χ3n) is 4.59. The Balaban J connectivity index is 1.67.